The molecule has 0 aliphatic heterocycles. The highest BCUT2D eigenvalue weighted by Gasteiger charge is 2.11. The first-order chi connectivity index (χ1) is 8.13. The third-order valence-electron chi connectivity index (χ3n) is 2.33. The van der Waals surface area contributed by atoms with Gasteiger partial charge in [0.1, 0.15) is 0 Å². The SMILES string of the molecule is CSCC[C@H](N)C(=O)NCc1cccc(Cl)c1.Cl. The van der Waals surface area contributed by atoms with Crippen LogP contribution in [0.2, 0.25) is 5.02 Å². The van der Waals surface area contributed by atoms with Crippen molar-refractivity contribution in [2.24, 2.45) is 5.73 Å². The summed E-state index contributed by atoms with van der Waals surface area (Å²) in [5.74, 6) is 0.783. The number of nitrogens with one attached hydrogen (secondary N) is 1. The normalized spacial score (nSPS) is 11.5. The lowest BCUT2D eigenvalue weighted by Crippen LogP contribution is -2.40. The Morgan fingerprint density at radius 2 is 2.28 bits per heavy atom. The molecule has 0 aromatic heterocycles. The quantitative estimate of drug-likeness (QED) is 0.849. The molecule has 1 amide bonds. The van der Waals surface area contributed by atoms with E-state index in [9.17, 15) is 4.79 Å². The number of carbonyl (C=O) groups is 1. The van der Waals surface area contributed by atoms with Crippen LogP contribution in [0.5, 0.6) is 0 Å². The molecule has 1 atom stereocenters. The monoisotopic (exact) mass is 308 g/mol. The molecule has 0 aliphatic rings. The molecule has 0 fully saturated rings. The zero-order chi connectivity index (χ0) is 12.7. The van der Waals surface area contributed by atoms with E-state index in [1.54, 1.807) is 17.8 Å². The van der Waals surface area contributed by atoms with Crippen molar-refractivity contribution in [1.29, 1.82) is 0 Å². The number of halogens is 2. The van der Waals surface area contributed by atoms with Gasteiger partial charge in [-0.25, -0.2) is 0 Å². The van der Waals surface area contributed by atoms with Gasteiger partial charge in [0.05, 0.1) is 6.04 Å². The summed E-state index contributed by atoms with van der Waals surface area (Å²) in [7, 11) is 0. The lowest BCUT2D eigenvalue weighted by Gasteiger charge is -2.11. The van der Waals surface area contributed by atoms with E-state index in [1.807, 2.05) is 24.5 Å². The first-order valence-corrected chi connectivity index (χ1v) is 7.17. The summed E-state index contributed by atoms with van der Waals surface area (Å²) in [5.41, 5.74) is 6.72. The largest absolute Gasteiger partial charge is 0.351 e. The van der Waals surface area contributed by atoms with Gasteiger partial charge in [0.2, 0.25) is 5.91 Å². The van der Waals surface area contributed by atoms with Crippen LogP contribution in [-0.4, -0.2) is 24.0 Å². The topological polar surface area (TPSA) is 55.1 Å². The van der Waals surface area contributed by atoms with E-state index in [4.69, 9.17) is 17.3 Å². The number of benzene rings is 1. The van der Waals surface area contributed by atoms with Crippen LogP contribution >= 0.6 is 35.8 Å². The van der Waals surface area contributed by atoms with E-state index in [-0.39, 0.29) is 18.3 Å². The van der Waals surface area contributed by atoms with Gasteiger partial charge in [0.25, 0.3) is 0 Å². The second-order valence-electron chi connectivity index (χ2n) is 3.74. The van der Waals surface area contributed by atoms with Gasteiger partial charge in [0.15, 0.2) is 0 Å². The van der Waals surface area contributed by atoms with E-state index in [2.05, 4.69) is 5.32 Å². The summed E-state index contributed by atoms with van der Waals surface area (Å²) >= 11 is 7.54. The average molecular weight is 309 g/mol. The fourth-order valence-corrected chi connectivity index (χ4v) is 2.05. The van der Waals surface area contributed by atoms with Gasteiger partial charge in [-0.2, -0.15) is 11.8 Å². The second-order valence-corrected chi connectivity index (χ2v) is 5.16. The minimum Gasteiger partial charge on any atom is -0.351 e. The van der Waals surface area contributed by atoms with E-state index in [0.29, 0.717) is 18.0 Å². The Bertz CT molecular complexity index is 377. The van der Waals surface area contributed by atoms with Gasteiger partial charge >= 0.3 is 0 Å². The van der Waals surface area contributed by atoms with E-state index >= 15 is 0 Å². The molecule has 1 aromatic rings. The van der Waals surface area contributed by atoms with Crippen molar-refractivity contribution < 1.29 is 4.79 Å². The van der Waals surface area contributed by atoms with Crippen molar-refractivity contribution in [3.05, 3.63) is 34.9 Å². The van der Waals surface area contributed by atoms with Crippen LogP contribution in [0.25, 0.3) is 0 Å². The number of rotatable bonds is 6. The fourth-order valence-electron chi connectivity index (χ4n) is 1.34. The molecule has 0 unspecified atom stereocenters. The summed E-state index contributed by atoms with van der Waals surface area (Å²) in [6.07, 6.45) is 2.69. The van der Waals surface area contributed by atoms with Crippen LogP contribution in [-0.2, 0) is 11.3 Å². The van der Waals surface area contributed by atoms with Gasteiger partial charge in [-0.15, -0.1) is 12.4 Å². The lowest BCUT2D eigenvalue weighted by atomic mass is 10.2. The highest BCUT2D eigenvalue weighted by atomic mass is 35.5. The molecule has 102 valence electrons. The number of thioether (sulfide) groups is 1. The number of amides is 1. The zero-order valence-corrected chi connectivity index (χ0v) is 12.6. The van der Waals surface area contributed by atoms with Crippen LogP contribution in [0.4, 0.5) is 0 Å². The molecule has 1 aromatic carbocycles. The van der Waals surface area contributed by atoms with Crippen molar-refractivity contribution in [3.8, 4) is 0 Å². The molecule has 1 rings (SSSR count). The van der Waals surface area contributed by atoms with Crippen LogP contribution in [0, 0.1) is 0 Å². The molecule has 0 heterocycles. The van der Waals surface area contributed by atoms with Crippen LogP contribution in [0.1, 0.15) is 12.0 Å². The van der Waals surface area contributed by atoms with E-state index < -0.39 is 6.04 Å². The van der Waals surface area contributed by atoms with Gasteiger partial charge < -0.3 is 11.1 Å². The molecule has 3 nitrogen and oxygen atoms in total. The minimum atomic E-state index is -0.429. The number of carbonyl (C=O) groups excluding carboxylic acids is 1. The molecule has 0 radical (unpaired) electrons. The van der Waals surface area contributed by atoms with E-state index in [1.165, 1.54) is 0 Å². The summed E-state index contributed by atoms with van der Waals surface area (Å²) in [6, 6.07) is 6.98. The Morgan fingerprint density at radius 3 is 2.89 bits per heavy atom. The number of nitrogens with two attached hydrogens (primary N) is 1. The summed E-state index contributed by atoms with van der Waals surface area (Å²) in [4.78, 5) is 11.6. The minimum absolute atomic E-state index is 0. The number of hydrogen-bond donors (Lipinski definition) is 2. The molecule has 18 heavy (non-hydrogen) atoms. The van der Waals surface area contributed by atoms with Crippen molar-refractivity contribution >= 4 is 41.7 Å². The maximum atomic E-state index is 11.6. The van der Waals surface area contributed by atoms with Gasteiger partial charge in [-0.05, 0) is 36.1 Å². The fraction of sp³-hybridized carbons (Fsp3) is 0.417. The molecule has 0 aliphatic carbocycles. The molecular formula is C12H18Cl2N2OS. The molecule has 0 bridgehead atoms. The molecule has 3 N–H and O–H groups in total. The third kappa shape index (κ3) is 6.50. The third-order valence-corrected chi connectivity index (χ3v) is 3.20. The van der Waals surface area contributed by atoms with Gasteiger partial charge in [0, 0.05) is 11.6 Å². The van der Waals surface area contributed by atoms with Crippen molar-refractivity contribution in [3.63, 3.8) is 0 Å². The smallest absolute Gasteiger partial charge is 0.237 e. The molecule has 0 spiro atoms. The first-order valence-electron chi connectivity index (χ1n) is 5.40. The highest BCUT2D eigenvalue weighted by molar-refractivity contribution is 7.98. The van der Waals surface area contributed by atoms with E-state index in [0.717, 1.165) is 11.3 Å². The average Bonchev–Trinajstić information content (AvgIpc) is 2.33. The van der Waals surface area contributed by atoms with Gasteiger partial charge in [-0.3, -0.25) is 4.79 Å². The molecule has 0 saturated heterocycles. The predicted octanol–water partition coefficient (Wildman–Crippen LogP) is 2.46. The zero-order valence-electron chi connectivity index (χ0n) is 10.2. The van der Waals surface area contributed by atoms with Crippen LogP contribution in [0.15, 0.2) is 24.3 Å². The first kappa shape index (κ1) is 17.6. The highest BCUT2D eigenvalue weighted by Crippen LogP contribution is 2.10. The number of hydrogen-bond acceptors (Lipinski definition) is 3. The summed E-state index contributed by atoms with van der Waals surface area (Å²) in [5, 5.41) is 3.47. The molecule has 0 saturated carbocycles. The second kappa shape index (κ2) is 9.50. The maximum Gasteiger partial charge on any atom is 0.237 e. The summed E-state index contributed by atoms with van der Waals surface area (Å²) < 4.78 is 0. The van der Waals surface area contributed by atoms with Crippen molar-refractivity contribution in [2.75, 3.05) is 12.0 Å². The predicted molar refractivity (Wildman–Crippen MR) is 81.5 cm³/mol. The Labute approximate surface area is 123 Å². The maximum absolute atomic E-state index is 11.6. The molecule has 6 heteroatoms. The summed E-state index contributed by atoms with van der Waals surface area (Å²) in [6.45, 7) is 0.465. The standard InChI is InChI=1S/C12H17ClN2OS.ClH/c1-17-6-5-11(14)12(16)15-8-9-3-2-4-10(13)7-9;/h2-4,7,11H,5-6,8,14H2,1H3,(H,15,16);1H/t11-;/m0./s1. The van der Waals surface area contributed by atoms with Crippen LogP contribution in [0.3, 0.4) is 0 Å². The van der Waals surface area contributed by atoms with Crippen molar-refractivity contribution in [2.45, 2.75) is 19.0 Å². The Kier molecular flexibility index (Phi) is 9.28. The Hall–Kier alpha value is -0.420. The molecular weight excluding hydrogens is 291 g/mol. The van der Waals surface area contributed by atoms with Crippen molar-refractivity contribution in [1.82, 2.24) is 5.32 Å². The Morgan fingerprint density at radius 1 is 1.56 bits per heavy atom. The van der Waals surface area contributed by atoms with Crippen LogP contribution < -0.4 is 11.1 Å². The lowest BCUT2D eigenvalue weighted by molar-refractivity contribution is -0.122. The Balaban J connectivity index is 0.00000289. The van der Waals surface area contributed by atoms with Gasteiger partial charge in [-0.1, -0.05) is 23.7 Å².